The Hall–Kier alpha value is -4.78. The molecule has 0 spiro atoms. The van der Waals surface area contributed by atoms with E-state index >= 15 is 0 Å². The normalized spacial score (nSPS) is 14.2. The maximum absolute atomic E-state index is 13.4. The fourth-order valence-electron chi connectivity index (χ4n) is 3.39. The third-order valence-corrected chi connectivity index (χ3v) is 5.15. The van der Waals surface area contributed by atoms with Gasteiger partial charge < -0.3 is 15.2 Å². The van der Waals surface area contributed by atoms with Crippen molar-refractivity contribution < 1.29 is 17.1 Å². The molecule has 36 heavy (non-hydrogen) atoms. The SMILES string of the molecule is [2H]c1nc([2H])c(-c2ccnc(Nc3cc(C(=O)Nc4c([2H])c(C)c([2H])c(-n5c([2H])cc(C)c5[2H])c4[2H])ccc3C)n2)c([2H])c1[2H]. The summed E-state index contributed by atoms with van der Waals surface area (Å²) in [5.41, 5.74) is 1.83. The Bertz CT molecular complexity index is 2030. The van der Waals surface area contributed by atoms with Gasteiger partial charge in [0, 0.05) is 59.1 Å². The van der Waals surface area contributed by atoms with E-state index in [0.717, 1.165) is 4.57 Å². The Morgan fingerprint density at radius 3 is 2.78 bits per heavy atom. The van der Waals surface area contributed by atoms with Crippen molar-refractivity contribution in [2.24, 2.45) is 0 Å². The van der Waals surface area contributed by atoms with Gasteiger partial charge in [0.2, 0.25) is 5.95 Å². The summed E-state index contributed by atoms with van der Waals surface area (Å²) in [6, 6.07) is 6.05. The lowest BCUT2D eigenvalue weighted by molar-refractivity contribution is 0.102. The molecule has 5 aromatic rings. The molecule has 2 N–H and O–H groups in total. The minimum Gasteiger partial charge on any atom is -0.324 e. The van der Waals surface area contributed by atoms with Gasteiger partial charge >= 0.3 is 0 Å². The number of benzene rings is 2. The molecule has 7 heteroatoms. The average Bonchev–Trinajstić information content (AvgIpc) is 3.24. The topological polar surface area (TPSA) is 84.7 Å². The van der Waals surface area contributed by atoms with Gasteiger partial charge in [-0.1, -0.05) is 6.07 Å². The predicted molar refractivity (Wildman–Crippen MR) is 143 cm³/mol. The van der Waals surface area contributed by atoms with Gasteiger partial charge in [-0.05, 0) is 91.9 Å². The highest BCUT2D eigenvalue weighted by atomic mass is 16.1. The molecular weight excluding hydrogens is 448 g/mol. The first-order valence-corrected chi connectivity index (χ1v) is 10.9. The van der Waals surface area contributed by atoms with E-state index < -0.39 is 18.1 Å². The summed E-state index contributed by atoms with van der Waals surface area (Å²) in [6.45, 7) is 4.93. The van der Waals surface area contributed by atoms with Gasteiger partial charge in [0.1, 0.15) is 0 Å². The first kappa shape index (κ1) is 14.6. The smallest absolute Gasteiger partial charge is 0.255 e. The first-order chi connectivity index (χ1) is 21.2. The number of nitrogens with zero attached hydrogens (tertiary/aromatic N) is 4. The van der Waals surface area contributed by atoms with E-state index in [0.29, 0.717) is 16.8 Å². The highest BCUT2D eigenvalue weighted by Crippen LogP contribution is 2.24. The van der Waals surface area contributed by atoms with Gasteiger partial charge in [0.05, 0.1) is 18.0 Å². The number of aryl methyl sites for hydroxylation is 2. The fourth-order valence-corrected chi connectivity index (χ4v) is 3.39. The highest BCUT2D eigenvalue weighted by molar-refractivity contribution is 6.05. The molecule has 1 amide bonds. The maximum atomic E-state index is 13.4. The third kappa shape index (κ3) is 5.15. The van der Waals surface area contributed by atoms with Crippen molar-refractivity contribution in [2.45, 2.75) is 20.8 Å². The van der Waals surface area contributed by atoms with Crippen molar-refractivity contribution >= 4 is 23.2 Å². The third-order valence-electron chi connectivity index (χ3n) is 5.15. The van der Waals surface area contributed by atoms with Crippen molar-refractivity contribution in [3.63, 3.8) is 0 Å². The summed E-state index contributed by atoms with van der Waals surface area (Å²) < 4.78 is 75.4. The minimum atomic E-state index is -0.652. The molecule has 0 atom stereocenters. The summed E-state index contributed by atoms with van der Waals surface area (Å²) in [6.07, 6.45) is 0.374. The van der Waals surface area contributed by atoms with Crippen LogP contribution >= 0.6 is 0 Å². The van der Waals surface area contributed by atoms with Crippen molar-refractivity contribution in [1.82, 2.24) is 19.5 Å². The number of aromatic nitrogens is 4. The quantitative estimate of drug-likeness (QED) is 0.298. The zero-order chi connectivity index (χ0) is 32.9. The molecule has 3 heterocycles. The lowest BCUT2D eigenvalue weighted by atomic mass is 10.1. The Labute approximate surface area is 222 Å². The fraction of sp³-hybridized carbons (Fsp3) is 0.103. The Kier molecular flexibility index (Phi) is 3.98. The summed E-state index contributed by atoms with van der Waals surface area (Å²) >= 11 is 0. The van der Waals surface area contributed by atoms with E-state index in [9.17, 15) is 4.79 Å². The minimum absolute atomic E-state index is 0.0257. The monoisotopic (exact) mass is 483 g/mol. The van der Waals surface area contributed by atoms with Crippen LogP contribution in [-0.2, 0) is 0 Å². The van der Waals surface area contributed by atoms with Crippen LogP contribution in [0.3, 0.4) is 0 Å². The average molecular weight is 484 g/mol. The molecule has 5 rings (SSSR count). The number of hydrogen-bond acceptors (Lipinski definition) is 5. The van der Waals surface area contributed by atoms with Crippen LogP contribution in [0.2, 0.25) is 0 Å². The molecule has 0 bridgehead atoms. The first-order valence-electron chi connectivity index (χ1n) is 15.4. The molecule has 3 aromatic heterocycles. The molecular formula is C29H26N6O. The Morgan fingerprint density at radius 1 is 1.06 bits per heavy atom. The number of carbonyl (C=O) groups excluding carboxylic acids is 1. The second-order valence-corrected chi connectivity index (χ2v) is 7.96. The molecule has 0 aliphatic heterocycles. The molecule has 0 saturated heterocycles. The number of nitrogens with one attached hydrogen (secondary N) is 2. The van der Waals surface area contributed by atoms with Crippen LogP contribution in [0, 0.1) is 20.8 Å². The van der Waals surface area contributed by atoms with E-state index in [-0.39, 0.29) is 82.4 Å². The number of anilines is 3. The molecule has 0 saturated carbocycles. The molecule has 2 aromatic carbocycles. The van der Waals surface area contributed by atoms with Gasteiger partial charge in [-0.25, -0.2) is 9.97 Å². The molecule has 0 aliphatic rings. The lowest BCUT2D eigenvalue weighted by Gasteiger charge is -2.13. The Morgan fingerprint density at radius 2 is 1.94 bits per heavy atom. The van der Waals surface area contributed by atoms with Crippen LogP contribution in [0.4, 0.5) is 17.3 Å². The van der Waals surface area contributed by atoms with Crippen LogP contribution in [0.15, 0.2) is 91.4 Å². The van der Waals surface area contributed by atoms with Crippen molar-refractivity contribution in [1.29, 1.82) is 0 Å². The molecule has 7 nitrogen and oxygen atoms in total. The van der Waals surface area contributed by atoms with Crippen LogP contribution in [0.1, 0.15) is 39.4 Å². The zero-order valence-electron chi connectivity index (χ0n) is 28.7. The Balaban J connectivity index is 1.48. The van der Waals surface area contributed by atoms with E-state index in [1.165, 1.54) is 31.3 Å². The zero-order valence-corrected chi connectivity index (χ0v) is 19.7. The second-order valence-electron chi connectivity index (χ2n) is 7.96. The van der Waals surface area contributed by atoms with E-state index in [4.69, 9.17) is 12.3 Å². The number of pyridine rings is 1. The summed E-state index contributed by atoms with van der Waals surface area (Å²) in [4.78, 5) is 25.7. The lowest BCUT2D eigenvalue weighted by Crippen LogP contribution is -2.13. The standard InChI is InChI=1S/C29H26N6O/c1-19-9-12-35(18-19)25-14-20(2)13-24(16-25)32-28(36)22-7-6-21(3)27(15-22)34-29-31-11-8-26(33-29)23-5-4-10-30-17-23/h4-18H,1-3H3,(H,32,36)(H,31,33,34)/i4D,5D,10D,12D,13D,14D,16D,17D,18D. The molecule has 0 unspecified atom stereocenters. The van der Waals surface area contributed by atoms with Gasteiger partial charge in [-0.3, -0.25) is 9.78 Å². The summed E-state index contributed by atoms with van der Waals surface area (Å²) in [5, 5.41) is 5.63. The van der Waals surface area contributed by atoms with E-state index in [2.05, 4.69) is 25.6 Å². The molecule has 178 valence electrons. The second kappa shape index (κ2) is 9.84. The van der Waals surface area contributed by atoms with Crippen LogP contribution in [0.5, 0.6) is 0 Å². The predicted octanol–water partition coefficient (Wildman–Crippen LogP) is 6.25. The number of hydrogen-bond donors (Lipinski definition) is 2. The van der Waals surface area contributed by atoms with Crippen LogP contribution in [0.25, 0.3) is 16.9 Å². The number of rotatable bonds is 6. The largest absolute Gasteiger partial charge is 0.324 e. The summed E-state index contributed by atoms with van der Waals surface area (Å²) in [5.74, 6) is -0.582. The number of amides is 1. The number of carbonyl (C=O) groups is 1. The van der Waals surface area contributed by atoms with E-state index in [1.807, 2.05) is 0 Å². The van der Waals surface area contributed by atoms with Gasteiger partial charge in [0.25, 0.3) is 5.91 Å². The molecule has 0 radical (unpaired) electrons. The van der Waals surface area contributed by atoms with Gasteiger partial charge in [0.15, 0.2) is 0 Å². The van der Waals surface area contributed by atoms with Crippen molar-refractivity contribution in [3.8, 4) is 16.9 Å². The van der Waals surface area contributed by atoms with Crippen LogP contribution in [-0.4, -0.2) is 25.4 Å². The highest BCUT2D eigenvalue weighted by Gasteiger charge is 2.12. The summed E-state index contributed by atoms with van der Waals surface area (Å²) in [7, 11) is 0. The molecule has 0 aliphatic carbocycles. The molecule has 0 fully saturated rings. The van der Waals surface area contributed by atoms with E-state index in [1.54, 1.807) is 26.0 Å². The van der Waals surface area contributed by atoms with Crippen LogP contribution < -0.4 is 10.6 Å². The van der Waals surface area contributed by atoms with Gasteiger partial charge in [-0.2, -0.15) is 0 Å². The maximum Gasteiger partial charge on any atom is 0.255 e. The van der Waals surface area contributed by atoms with Gasteiger partial charge in [-0.15, -0.1) is 0 Å². The van der Waals surface area contributed by atoms with Crippen molar-refractivity contribution in [3.05, 3.63) is 114 Å². The van der Waals surface area contributed by atoms with Crippen molar-refractivity contribution in [2.75, 3.05) is 10.6 Å².